The van der Waals surface area contributed by atoms with Crippen LogP contribution in [0.3, 0.4) is 0 Å². The number of halogens is 2. The van der Waals surface area contributed by atoms with Crippen LogP contribution in [0.1, 0.15) is 15.9 Å². The largest absolute Gasteiger partial charge is 0.483 e. The zero-order valence-corrected chi connectivity index (χ0v) is 14.1. The fourth-order valence-electron chi connectivity index (χ4n) is 2.02. The van der Waals surface area contributed by atoms with Crippen LogP contribution in [0.4, 0.5) is 0 Å². The van der Waals surface area contributed by atoms with Gasteiger partial charge in [-0.25, -0.2) is 4.79 Å². The number of nitrogens with one attached hydrogen (secondary N) is 1. The summed E-state index contributed by atoms with van der Waals surface area (Å²) in [7, 11) is 0. The molecule has 0 unspecified atom stereocenters. The number of carboxylic acid groups (broad SMARTS) is 1. The summed E-state index contributed by atoms with van der Waals surface area (Å²) >= 11 is 11.9. The van der Waals surface area contributed by atoms with Gasteiger partial charge in [-0.2, -0.15) is 0 Å². The molecule has 24 heavy (non-hydrogen) atoms. The van der Waals surface area contributed by atoms with Crippen molar-refractivity contribution in [2.45, 2.75) is 6.42 Å². The minimum absolute atomic E-state index is 0.0123. The standard InChI is InChI=1S/C17H15Cl2NO4/c18-12-6-5-11(14(19)9-12)7-8-20-16(21)10-24-15-4-2-1-3-13(15)17(22)23/h1-6,9H,7-8,10H2,(H,20,21)(H,22,23). The van der Waals surface area contributed by atoms with Crippen LogP contribution < -0.4 is 10.1 Å². The second kappa shape index (κ2) is 8.57. The van der Waals surface area contributed by atoms with Gasteiger partial charge in [0.05, 0.1) is 0 Å². The normalized spacial score (nSPS) is 10.2. The van der Waals surface area contributed by atoms with Crippen LogP contribution in [-0.4, -0.2) is 30.1 Å². The highest BCUT2D eigenvalue weighted by molar-refractivity contribution is 6.35. The molecule has 2 rings (SSSR count). The minimum atomic E-state index is -1.11. The summed E-state index contributed by atoms with van der Waals surface area (Å²) in [6, 6.07) is 11.3. The molecule has 0 aliphatic carbocycles. The average molecular weight is 368 g/mol. The molecule has 0 aromatic heterocycles. The second-order valence-electron chi connectivity index (χ2n) is 4.93. The molecule has 0 bridgehead atoms. The van der Waals surface area contributed by atoms with E-state index in [9.17, 15) is 9.59 Å². The third-order valence-corrected chi connectivity index (χ3v) is 3.79. The number of carbonyl (C=O) groups is 2. The molecule has 126 valence electrons. The molecule has 5 nitrogen and oxygen atoms in total. The van der Waals surface area contributed by atoms with E-state index in [4.69, 9.17) is 33.0 Å². The first-order valence-electron chi connectivity index (χ1n) is 7.13. The molecule has 0 saturated carbocycles. The maximum Gasteiger partial charge on any atom is 0.339 e. The van der Waals surface area contributed by atoms with E-state index in [1.165, 1.54) is 12.1 Å². The molecule has 2 aromatic rings. The Morgan fingerprint density at radius 1 is 1.12 bits per heavy atom. The topological polar surface area (TPSA) is 75.6 Å². The van der Waals surface area contributed by atoms with Gasteiger partial charge < -0.3 is 15.2 Å². The number of benzene rings is 2. The van der Waals surface area contributed by atoms with Crippen molar-refractivity contribution >= 4 is 35.1 Å². The minimum Gasteiger partial charge on any atom is -0.483 e. The molecule has 2 aromatic carbocycles. The van der Waals surface area contributed by atoms with Gasteiger partial charge in [-0.1, -0.05) is 41.4 Å². The Bertz CT molecular complexity index is 749. The molecule has 2 N–H and O–H groups in total. The quantitative estimate of drug-likeness (QED) is 0.785. The first-order chi connectivity index (χ1) is 11.5. The monoisotopic (exact) mass is 367 g/mol. The third kappa shape index (κ3) is 5.15. The van der Waals surface area contributed by atoms with Crippen molar-refractivity contribution in [2.24, 2.45) is 0 Å². The van der Waals surface area contributed by atoms with E-state index in [-0.39, 0.29) is 23.8 Å². The van der Waals surface area contributed by atoms with E-state index in [1.807, 2.05) is 0 Å². The maximum atomic E-state index is 11.8. The molecular formula is C17H15Cl2NO4. The number of amides is 1. The Morgan fingerprint density at radius 3 is 2.58 bits per heavy atom. The Kier molecular flexibility index (Phi) is 6.46. The first-order valence-corrected chi connectivity index (χ1v) is 7.88. The zero-order chi connectivity index (χ0) is 17.5. The lowest BCUT2D eigenvalue weighted by Gasteiger charge is -2.10. The number of para-hydroxylation sites is 1. The van der Waals surface area contributed by atoms with Crippen LogP contribution in [-0.2, 0) is 11.2 Å². The molecule has 7 heteroatoms. The Labute approximate surface area is 149 Å². The van der Waals surface area contributed by atoms with Crippen LogP contribution in [0.15, 0.2) is 42.5 Å². The van der Waals surface area contributed by atoms with Gasteiger partial charge in [0.1, 0.15) is 11.3 Å². The SMILES string of the molecule is O=C(COc1ccccc1C(=O)O)NCCc1ccc(Cl)cc1Cl. The van der Waals surface area contributed by atoms with Crippen molar-refractivity contribution < 1.29 is 19.4 Å². The molecule has 0 spiro atoms. The van der Waals surface area contributed by atoms with E-state index < -0.39 is 5.97 Å². The Hall–Kier alpha value is -2.24. The summed E-state index contributed by atoms with van der Waals surface area (Å²) in [4.78, 5) is 22.8. The number of ether oxygens (including phenoxy) is 1. The van der Waals surface area contributed by atoms with Gasteiger partial charge in [-0.15, -0.1) is 0 Å². The number of aromatic carboxylic acids is 1. The highest BCUT2D eigenvalue weighted by Crippen LogP contribution is 2.21. The predicted molar refractivity (Wildman–Crippen MR) is 92.1 cm³/mol. The van der Waals surface area contributed by atoms with Crippen molar-refractivity contribution in [3.8, 4) is 5.75 Å². The van der Waals surface area contributed by atoms with Crippen molar-refractivity contribution in [1.82, 2.24) is 5.32 Å². The van der Waals surface area contributed by atoms with Crippen LogP contribution >= 0.6 is 23.2 Å². The summed E-state index contributed by atoms with van der Waals surface area (Å²) in [5.41, 5.74) is 0.886. The second-order valence-corrected chi connectivity index (χ2v) is 5.77. The third-order valence-electron chi connectivity index (χ3n) is 3.21. The summed E-state index contributed by atoms with van der Waals surface area (Å²) in [5.74, 6) is -1.30. The van der Waals surface area contributed by atoms with E-state index in [1.54, 1.807) is 30.3 Å². The van der Waals surface area contributed by atoms with Crippen molar-refractivity contribution in [3.63, 3.8) is 0 Å². The number of carbonyl (C=O) groups excluding carboxylic acids is 1. The number of carboxylic acids is 1. The molecule has 0 atom stereocenters. The van der Waals surface area contributed by atoms with Gasteiger partial charge >= 0.3 is 5.97 Å². The number of hydrogen-bond donors (Lipinski definition) is 2. The van der Waals surface area contributed by atoms with Gasteiger partial charge in [0.2, 0.25) is 0 Å². The van der Waals surface area contributed by atoms with Crippen LogP contribution in [0.5, 0.6) is 5.75 Å². The predicted octanol–water partition coefficient (Wildman–Crippen LogP) is 3.43. The molecule has 0 fully saturated rings. The zero-order valence-electron chi connectivity index (χ0n) is 12.6. The van der Waals surface area contributed by atoms with E-state index in [0.717, 1.165) is 5.56 Å². The maximum absolute atomic E-state index is 11.8. The lowest BCUT2D eigenvalue weighted by Crippen LogP contribution is -2.30. The van der Waals surface area contributed by atoms with Gasteiger partial charge in [0.25, 0.3) is 5.91 Å². The summed E-state index contributed by atoms with van der Waals surface area (Å²) in [6.45, 7) is 0.114. The van der Waals surface area contributed by atoms with Crippen LogP contribution in [0.2, 0.25) is 10.0 Å². The average Bonchev–Trinajstić information content (AvgIpc) is 2.55. The van der Waals surface area contributed by atoms with E-state index >= 15 is 0 Å². The molecule has 0 aliphatic heterocycles. The highest BCUT2D eigenvalue weighted by atomic mass is 35.5. The van der Waals surface area contributed by atoms with Crippen molar-refractivity contribution in [2.75, 3.05) is 13.2 Å². The van der Waals surface area contributed by atoms with Crippen LogP contribution in [0, 0.1) is 0 Å². The lowest BCUT2D eigenvalue weighted by atomic mass is 10.1. The smallest absolute Gasteiger partial charge is 0.339 e. The molecular weight excluding hydrogens is 353 g/mol. The molecule has 0 saturated heterocycles. The van der Waals surface area contributed by atoms with Crippen LogP contribution in [0.25, 0.3) is 0 Å². The highest BCUT2D eigenvalue weighted by Gasteiger charge is 2.11. The van der Waals surface area contributed by atoms with Gasteiger partial charge in [-0.05, 0) is 36.2 Å². The molecule has 0 aliphatic rings. The summed E-state index contributed by atoms with van der Waals surface area (Å²) < 4.78 is 5.27. The van der Waals surface area contributed by atoms with Gasteiger partial charge in [0.15, 0.2) is 6.61 Å². The molecule has 0 radical (unpaired) electrons. The number of hydrogen-bond acceptors (Lipinski definition) is 3. The lowest BCUT2D eigenvalue weighted by molar-refractivity contribution is -0.123. The van der Waals surface area contributed by atoms with E-state index in [2.05, 4.69) is 5.32 Å². The number of rotatable bonds is 7. The molecule has 0 heterocycles. The fraction of sp³-hybridized carbons (Fsp3) is 0.176. The van der Waals surface area contributed by atoms with Gasteiger partial charge in [-0.3, -0.25) is 4.79 Å². The fourth-order valence-corrected chi connectivity index (χ4v) is 2.53. The Morgan fingerprint density at radius 2 is 1.88 bits per heavy atom. The van der Waals surface area contributed by atoms with Crippen molar-refractivity contribution in [3.05, 3.63) is 63.6 Å². The molecule has 1 amide bonds. The first kappa shape index (κ1) is 18.1. The Balaban J connectivity index is 1.81. The van der Waals surface area contributed by atoms with E-state index in [0.29, 0.717) is 23.0 Å². The summed E-state index contributed by atoms with van der Waals surface area (Å²) in [5, 5.41) is 12.8. The summed E-state index contributed by atoms with van der Waals surface area (Å²) in [6.07, 6.45) is 0.549. The van der Waals surface area contributed by atoms with Gasteiger partial charge in [0, 0.05) is 16.6 Å². The van der Waals surface area contributed by atoms with Crippen molar-refractivity contribution in [1.29, 1.82) is 0 Å².